The molecule has 1 aromatic carbocycles. The third-order valence-electron chi connectivity index (χ3n) is 3.67. The SMILES string of the molecule is CN(C)C1CCN(CC(=O)Nc2c(Cl)cc(N)cc2Cl)C1. The van der Waals surface area contributed by atoms with Gasteiger partial charge in [0.05, 0.1) is 22.3 Å². The van der Waals surface area contributed by atoms with Gasteiger partial charge < -0.3 is 16.0 Å². The third-order valence-corrected chi connectivity index (χ3v) is 4.27. The molecule has 1 atom stereocenters. The van der Waals surface area contributed by atoms with Crippen LogP contribution >= 0.6 is 23.2 Å². The minimum Gasteiger partial charge on any atom is -0.399 e. The van der Waals surface area contributed by atoms with Crippen LogP contribution in [0.25, 0.3) is 0 Å². The Kier molecular flexibility index (Phi) is 5.32. The van der Waals surface area contributed by atoms with Gasteiger partial charge in [-0.1, -0.05) is 23.2 Å². The van der Waals surface area contributed by atoms with Crippen molar-refractivity contribution in [1.82, 2.24) is 9.80 Å². The molecule has 1 amide bonds. The number of carbonyl (C=O) groups excluding carboxylic acids is 1. The van der Waals surface area contributed by atoms with E-state index >= 15 is 0 Å². The second kappa shape index (κ2) is 6.83. The van der Waals surface area contributed by atoms with E-state index in [2.05, 4.69) is 29.2 Å². The Morgan fingerprint density at radius 1 is 1.43 bits per heavy atom. The van der Waals surface area contributed by atoms with E-state index in [1.807, 2.05) is 0 Å². The molecule has 1 fully saturated rings. The van der Waals surface area contributed by atoms with Crippen LogP contribution in [0.1, 0.15) is 6.42 Å². The quantitative estimate of drug-likeness (QED) is 0.830. The summed E-state index contributed by atoms with van der Waals surface area (Å²) in [6.45, 7) is 2.14. The number of nitrogens with zero attached hydrogens (tertiary/aromatic N) is 2. The lowest BCUT2D eigenvalue weighted by Crippen LogP contribution is -2.35. The van der Waals surface area contributed by atoms with E-state index < -0.39 is 0 Å². The predicted molar refractivity (Wildman–Crippen MR) is 88.0 cm³/mol. The van der Waals surface area contributed by atoms with E-state index in [4.69, 9.17) is 28.9 Å². The van der Waals surface area contributed by atoms with Crippen LogP contribution in [-0.4, -0.2) is 55.5 Å². The van der Waals surface area contributed by atoms with Crippen LogP contribution in [0.2, 0.25) is 10.0 Å². The van der Waals surface area contributed by atoms with Crippen molar-refractivity contribution in [3.63, 3.8) is 0 Å². The topological polar surface area (TPSA) is 61.6 Å². The third kappa shape index (κ3) is 4.23. The van der Waals surface area contributed by atoms with Gasteiger partial charge in [0.1, 0.15) is 0 Å². The second-order valence-electron chi connectivity index (χ2n) is 5.55. The fraction of sp³-hybridized carbons (Fsp3) is 0.500. The van der Waals surface area contributed by atoms with E-state index in [-0.39, 0.29) is 5.91 Å². The fourth-order valence-corrected chi connectivity index (χ4v) is 3.07. The zero-order chi connectivity index (χ0) is 15.6. The van der Waals surface area contributed by atoms with Gasteiger partial charge in [-0.2, -0.15) is 0 Å². The number of likely N-dealkylation sites (tertiary alicyclic amines) is 1. The van der Waals surface area contributed by atoms with Crippen molar-refractivity contribution in [1.29, 1.82) is 0 Å². The zero-order valence-corrected chi connectivity index (χ0v) is 13.7. The van der Waals surface area contributed by atoms with Gasteiger partial charge in [0.15, 0.2) is 0 Å². The Morgan fingerprint density at radius 2 is 2.05 bits per heavy atom. The van der Waals surface area contributed by atoms with Crippen molar-refractivity contribution in [2.24, 2.45) is 0 Å². The molecule has 0 saturated carbocycles. The molecule has 1 unspecified atom stereocenters. The van der Waals surface area contributed by atoms with Crippen molar-refractivity contribution in [2.45, 2.75) is 12.5 Å². The molecule has 0 spiro atoms. The lowest BCUT2D eigenvalue weighted by molar-refractivity contribution is -0.117. The molecule has 1 aromatic rings. The number of carbonyl (C=O) groups is 1. The summed E-state index contributed by atoms with van der Waals surface area (Å²) in [5.74, 6) is -0.122. The van der Waals surface area contributed by atoms with E-state index in [1.54, 1.807) is 12.1 Å². The summed E-state index contributed by atoms with van der Waals surface area (Å²) in [5.41, 5.74) is 6.53. The Bertz CT molecular complexity index is 513. The molecule has 0 aromatic heterocycles. The lowest BCUT2D eigenvalue weighted by Gasteiger charge is -2.20. The first kappa shape index (κ1) is 16.4. The Morgan fingerprint density at radius 3 is 2.57 bits per heavy atom. The fourth-order valence-electron chi connectivity index (χ4n) is 2.47. The number of anilines is 2. The highest BCUT2D eigenvalue weighted by molar-refractivity contribution is 6.40. The zero-order valence-electron chi connectivity index (χ0n) is 12.2. The first-order valence-corrected chi connectivity index (χ1v) is 7.55. The highest BCUT2D eigenvalue weighted by atomic mass is 35.5. The number of hydrogen-bond acceptors (Lipinski definition) is 4. The molecule has 1 aliphatic rings. The minimum absolute atomic E-state index is 0.122. The molecular weight excluding hydrogens is 311 g/mol. The Balaban J connectivity index is 1.94. The number of benzene rings is 1. The van der Waals surface area contributed by atoms with Crippen LogP contribution in [-0.2, 0) is 4.79 Å². The summed E-state index contributed by atoms with van der Waals surface area (Å²) in [4.78, 5) is 16.4. The molecule has 0 bridgehead atoms. The molecule has 0 aliphatic carbocycles. The monoisotopic (exact) mass is 330 g/mol. The molecule has 7 heteroatoms. The molecule has 5 nitrogen and oxygen atoms in total. The Labute approximate surface area is 135 Å². The van der Waals surface area contributed by atoms with Crippen LogP contribution in [0.5, 0.6) is 0 Å². The van der Waals surface area contributed by atoms with Gasteiger partial charge in [-0.25, -0.2) is 0 Å². The van der Waals surface area contributed by atoms with Crippen molar-refractivity contribution in [3.05, 3.63) is 22.2 Å². The molecule has 2 rings (SSSR count). The number of rotatable bonds is 4. The Hall–Kier alpha value is -1.01. The summed E-state index contributed by atoms with van der Waals surface area (Å²) >= 11 is 12.1. The highest BCUT2D eigenvalue weighted by Crippen LogP contribution is 2.32. The van der Waals surface area contributed by atoms with Crippen LogP contribution in [0.15, 0.2) is 12.1 Å². The summed E-state index contributed by atoms with van der Waals surface area (Å²) in [7, 11) is 4.12. The first-order chi connectivity index (χ1) is 9.86. The van der Waals surface area contributed by atoms with E-state index in [9.17, 15) is 4.79 Å². The number of halogens is 2. The van der Waals surface area contributed by atoms with E-state index in [1.165, 1.54) is 0 Å². The van der Waals surface area contributed by atoms with Crippen LogP contribution in [0.3, 0.4) is 0 Å². The number of nitrogens with two attached hydrogens (primary N) is 1. The number of amides is 1. The summed E-state index contributed by atoms with van der Waals surface area (Å²) in [6, 6.07) is 3.64. The van der Waals surface area contributed by atoms with Gasteiger partial charge in [-0.15, -0.1) is 0 Å². The number of nitrogen functional groups attached to an aromatic ring is 1. The maximum absolute atomic E-state index is 12.1. The predicted octanol–water partition coefficient (Wildman–Crippen LogP) is 2.15. The average molecular weight is 331 g/mol. The van der Waals surface area contributed by atoms with Crippen molar-refractivity contribution in [3.8, 4) is 0 Å². The summed E-state index contributed by atoms with van der Waals surface area (Å²) in [6.07, 6.45) is 1.07. The largest absolute Gasteiger partial charge is 0.399 e. The van der Waals surface area contributed by atoms with E-state index in [0.717, 1.165) is 19.5 Å². The molecular formula is C14H20Cl2N4O. The molecule has 1 aliphatic heterocycles. The van der Waals surface area contributed by atoms with Crippen molar-refractivity contribution < 1.29 is 4.79 Å². The van der Waals surface area contributed by atoms with Gasteiger partial charge in [-0.05, 0) is 32.6 Å². The molecule has 1 saturated heterocycles. The van der Waals surface area contributed by atoms with Gasteiger partial charge in [0.25, 0.3) is 0 Å². The minimum atomic E-state index is -0.122. The highest BCUT2D eigenvalue weighted by Gasteiger charge is 2.25. The van der Waals surface area contributed by atoms with Crippen molar-refractivity contribution >= 4 is 40.5 Å². The average Bonchev–Trinajstić information content (AvgIpc) is 2.82. The second-order valence-corrected chi connectivity index (χ2v) is 6.36. The molecule has 21 heavy (non-hydrogen) atoms. The lowest BCUT2D eigenvalue weighted by atomic mass is 10.2. The van der Waals surface area contributed by atoms with Crippen LogP contribution < -0.4 is 11.1 Å². The van der Waals surface area contributed by atoms with Crippen LogP contribution in [0.4, 0.5) is 11.4 Å². The van der Waals surface area contributed by atoms with Gasteiger partial charge >= 0.3 is 0 Å². The smallest absolute Gasteiger partial charge is 0.238 e. The normalized spacial score (nSPS) is 19.2. The molecule has 1 heterocycles. The maximum Gasteiger partial charge on any atom is 0.238 e. The number of likely N-dealkylation sites (N-methyl/N-ethyl adjacent to an activating group) is 1. The summed E-state index contributed by atoms with van der Waals surface area (Å²) in [5, 5.41) is 3.46. The number of hydrogen-bond donors (Lipinski definition) is 2. The van der Waals surface area contributed by atoms with E-state index in [0.29, 0.717) is 34.0 Å². The summed E-state index contributed by atoms with van der Waals surface area (Å²) < 4.78 is 0. The van der Waals surface area contributed by atoms with Gasteiger partial charge in [-0.3, -0.25) is 9.69 Å². The maximum atomic E-state index is 12.1. The van der Waals surface area contributed by atoms with Gasteiger partial charge in [0.2, 0.25) is 5.91 Å². The number of nitrogens with one attached hydrogen (secondary N) is 1. The first-order valence-electron chi connectivity index (χ1n) is 6.80. The molecule has 116 valence electrons. The molecule has 0 radical (unpaired) electrons. The van der Waals surface area contributed by atoms with Gasteiger partial charge in [0, 0.05) is 24.8 Å². The van der Waals surface area contributed by atoms with Crippen LogP contribution in [0, 0.1) is 0 Å². The van der Waals surface area contributed by atoms with Crippen molar-refractivity contribution in [2.75, 3.05) is 44.8 Å². The molecule has 3 N–H and O–H groups in total. The standard InChI is InChI=1S/C14H20Cl2N4O/c1-19(2)10-3-4-20(7-10)8-13(21)18-14-11(15)5-9(17)6-12(14)16/h5-6,10H,3-4,7-8,17H2,1-2H3,(H,18,21).